The predicted octanol–water partition coefficient (Wildman–Crippen LogP) is 0.482. The van der Waals surface area contributed by atoms with E-state index in [1.54, 1.807) is 18.5 Å². The topological polar surface area (TPSA) is 98.7 Å². The van der Waals surface area contributed by atoms with Crippen LogP contribution in [-0.2, 0) is 7.05 Å². The molecule has 2 rings (SSSR count). The van der Waals surface area contributed by atoms with E-state index >= 15 is 0 Å². The summed E-state index contributed by atoms with van der Waals surface area (Å²) in [5.41, 5.74) is 6.16. The maximum atomic E-state index is 11.0. The monoisotopic (exact) mass is 246 g/mol. The summed E-state index contributed by atoms with van der Waals surface area (Å²) in [7, 11) is 1.87. The first-order chi connectivity index (χ1) is 8.58. The Hall–Kier alpha value is -2.44. The molecule has 0 aromatic carbocycles. The number of amides is 1. The van der Waals surface area contributed by atoms with E-state index in [0.717, 1.165) is 11.5 Å². The lowest BCUT2D eigenvalue weighted by Gasteiger charge is -2.14. The summed E-state index contributed by atoms with van der Waals surface area (Å²) in [5.74, 6) is 0.248. The van der Waals surface area contributed by atoms with Gasteiger partial charge in [-0.1, -0.05) is 0 Å². The molecule has 0 fully saturated rings. The fourth-order valence-electron chi connectivity index (χ4n) is 1.65. The molecule has 18 heavy (non-hydrogen) atoms. The summed E-state index contributed by atoms with van der Waals surface area (Å²) in [4.78, 5) is 14.9. The molecule has 94 valence electrons. The van der Waals surface area contributed by atoms with Gasteiger partial charge in [0.2, 0.25) is 0 Å². The summed E-state index contributed by atoms with van der Waals surface area (Å²) in [6.07, 6.45) is 3.17. The molecule has 0 spiro atoms. The number of carbonyl (C=O) groups is 1. The van der Waals surface area contributed by atoms with Gasteiger partial charge in [-0.25, -0.2) is 0 Å². The fourth-order valence-corrected chi connectivity index (χ4v) is 1.65. The van der Waals surface area contributed by atoms with E-state index in [2.05, 4.69) is 20.5 Å². The summed E-state index contributed by atoms with van der Waals surface area (Å²) < 4.78 is 1.83. The molecule has 2 aromatic rings. The van der Waals surface area contributed by atoms with Crippen LogP contribution >= 0.6 is 0 Å². The molecular weight excluding hydrogens is 232 g/mol. The van der Waals surface area contributed by atoms with Gasteiger partial charge in [0.15, 0.2) is 5.82 Å². The van der Waals surface area contributed by atoms with Crippen molar-refractivity contribution in [2.75, 3.05) is 5.32 Å². The van der Waals surface area contributed by atoms with Crippen LogP contribution in [0.4, 0.5) is 5.69 Å². The van der Waals surface area contributed by atoms with Crippen molar-refractivity contribution >= 4 is 11.6 Å². The highest BCUT2D eigenvalue weighted by Gasteiger charge is 2.11. The van der Waals surface area contributed by atoms with E-state index < -0.39 is 5.91 Å². The van der Waals surface area contributed by atoms with Crippen LogP contribution < -0.4 is 11.1 Å². The summed E-state index contributed by atoms with van der Waals surface area (Å²) in [6, 6.07) is 3.33. The Bertz CT molecular complexity index is 564. The van der Waals surface area contributed by atoms with Crippen molar-refractivity contribution in [2.45, 2.75) is 13.0 Å². The Labute approximate surface area is 104 Å². The first kappa shape index (κ1) is 12.0. The molecule has 1 atom stereocenters. The van der Waals surface area contributed by atoms with Crippen molar-refractivity contribution in [2.24, 2.45) is 12.8 Å². The second-order valence-electron chi connectivity index (χ2n) is 3.96. The van der Waals surface area contributed by atoms with E-state index in [1.165, 1.54) is 6.20 Å². The smallest absolute Gasteiger partial charge is 0.267 e. The molecule has 0 radical (unpaired) electrons. The zero-order valence-corrected chi connectivity index (χ0v) is 10.2. The lowest BCUT2D eigenvalue weighted by molar-refractivity contribution is 0.0995. The van der Waals surface area contributed by atoms with Gasteiger partial charge in [0.05, 0.1) is 6.04 Å². The largest absolute Gasteiger partial charge is 0.375 e. The van der Waals surface area contributed by atoms with Crippen molar-refractivity contribution in [3.05, 3.63) is 36.2 Å². The summed E-state index contributed by atoms with van der Waals surface area (Å²) in [5, 5.41) is 11.0. The van der Waals surface area contributed by atoms with Crippen LogP contribution in [0.25, 0.3) is 0 Å². The van der Waals surface area contributed by atoms with E-state index in [9.17, 15) is 4.79 Å². The molecule has 0 bridgehead atoms. The number of nitrogens with one attached hydrogen (secondary N) is 1. The van der Waals surface area contributed by atoms with Gasteiger partial charge < -0.3 is 15.6 Å². The number of carbonyl (C=O) groups excluding carboxylic acids is 1. The van der Waals surface area contributed by atoms with Crippen LogP contribution in [0.3, 0.4) is 0 Å². The van der Waals surface area contributed by atoms with Gasteiger partial charge in [0.25, 0.3) is 5.91 Å². The normalized spacial score (nSPS) is 12.1. The average Bonchev–Trinajstić information content (AvgIpc) is 2.76. The Morgan fingerprint density at radius 1 is 1.56 bits per heavy atom. The van der Waals surface area contributed by atoms with Crippen molar-refractivity contribution in [3.63, 3.8) is 0 Å². The SMILES string of the molecule is CC(Nc1ccnc(C(N)=O)c1)c1nncn1C. The van der Waals surface area contributed by atoms with Gasteiger partial charge in [-0.05, 0) is 19.1 Å². The third kappa shape index (κ3) is 2.45. The van der Waals surface area contributed by atoms with Gasteiger partial charge in [0, 0.05) is 18.9 Å². The molecule has 7 heteroatoms. The number of aromatic nitrogens is 4. The number of nitrogens with two attached hydrogens (primary N) is 1. The van der Waals surface area contributed by atoms with Crippen molar-refractivity contribution in [1.29, 1.82) is 0 Å². The van der Waals surface area contributed by atoms with Crippen LogP contribution in [0.5, 0.6) is 0 Å². The highest BCUT2D eigenvalue weighted by molar-refractivity contribution is 5.91. The maximum Gasteiger partial charge on any atom is 0.267 e. The molecule has 0 saturated carbocycles. The van der Waals surface area contributed by atoms with Crippen LogP contribution in [0.15, 0.2) is 24.7 Å². The van der Waals surface area contributed by atoms with E-state index in [4.69, 9.17) is 5.73 Å². The van der Waals surface area contributed by atoms with Gasteiger partial charge in [-0.2, -0.15) is 0 Å². The zero-order chi connectivity index (χ0) is 13.1. The number of pyridine rings is 1. The Morgan fingerprint density at radius 3 is 2.94 bits per heavy atom. The zero-order valence-electron chi connectivity index (χ0n) is 10.2. The van der Waals surface area contributed by atoms with Gasteiger partial charge in [-0.15, -0.1) is 10.2 Å². The first-order valence-electron chi connectivity index (χ1n) is 5.44. The second kappa shape index (κ2) is 4.82. The summed E-state index contributed by atoms with van der Waals surface area (Å²) in [6.45, 7) is 1.95. The second-order valence-corrected chi connectivity index (χ2v) is 3.96. The minimum atomic E-state index is -0.551. The molecule has 1 amide bonds. The number of rotatable bonds is 4. The number of aryl methyl sites for hydroxylation is 1. The molecule has 1 unspecified atom stereocenters. The molecule has 0 aliphatic rings. The first-order valence-corrected chi connectivity index (χ1v) is 5.44. The summed E-state index contributed by atoms with van der Waals surface area (Å²) >= 11 is 0. The standard InChI is InChI=1S/C11H14N6O/c1-7(11-16-14-6-17(11)2)15-8-3-4-13-9(5-8)10(12)18/h3-7H,1-2H3,(H2,12,18)(H,13,15). The number of hydrogen-bond donors (Lipinski definition) is 2. The number of anilines is 1. The third-order valence-electron chi connectivity index (χ3n) is 2.53. The molecule has 3 N–H and O–H groups in total. The van der Waals surface area contributed by atoms with Gasteiger partial charge in [0.1, 0.15) is 12.0 Å². The molecule has 0 saturated heterocycles. The number of nitrogens with zero attached hydrogens (tertiary/aromatic N) is 4. The molecule has 7 nitrogen and oxygen atoms in total. The van der Waals surface area contributed by atoms with Gasteiger partial charge in [-0.3, -0.25) is 9.78 Å². The van der Waals surface area contributed by atoms with Crippen LogP contribution in [0, 0.1) is 0 Å². The van der Waals surface area contributed by atoms with Crippen LogP contribution in [0.2, 0.25) is 0 Å². The Balaban J connectivity index is 2.17. The molecular formula is C11H14N6O. The highest BCUT2D eigenvalue weighted by atomic mass is 16.1. The van der Waals surface area contributed by atoms with Crippen molar-refractivity contribution in [3.8, 4) is 0 Å². The van der Waals surface area contributed by atoms with Crippen molar-refractivity contribution in [1.82, 2.24) is 19.7 Å². The van der Waals surface area contributed by atoms with E-state index in [1.807, 2.05) is 18.5 Å². The quantitative estimate of drug-likeness (QED) is 0.817. The maximum absolute atomic E-state index is 11.0. The van der Waals surface area contributed by atoms with Crippen LogP contribution in [-0.4, -0.2) is 25.7 Å². The van der Waals surface area contributed by atoms with Gasteiger partial charge >= 0.3 is 0 Å². The molecule has 0 aliphatic heterocycles. The highest BCUT2D eigenvalue weighted by Crippen LogP contribution is 2.16. The van der Waals surface area contributed by atoms with Crippen molar-refractivity contribution < 1.29 is 4.79 Å². The minimum Gasteiger partial charge on any atom is -0.375 e. The molecule has 2 heterocycles. The fraction of sp³-hybridized carbons (Fsp3) is 0.273. The number of hydrogen-bond acceptors (Lipinski definition) is 5. The molecule has 2 aromatic heterocycles. The Morgan fingerprint density at radius 2 is 2.33 bits per heavy atom. The molecule has 0 aliphatic carbocycles. The lowest BCUT2D eigenvalue weighted by Crippen LogP contribution is -2.15. The minimum absolute atomic E-state index is 0.0411. The van der Waals surface area contributed by atoms with E-state index in [-0.39, 0.29) is 11.7 Å². The van der Waals surface area contributed by atoms with E-state index in [0.29, 0.717) is 0 Å². The number of primary amides is 1. The lowest BCUT2D eigenvalue weighted by atomic mass is 10.2. The Kier molecular flexibility index (Phi) is 3.22. The predicted molar refractivity (Wildman–Crippen MR) is 65.8 cm³/mol. The average molecular weight is 246 g/mol. The van der Waals surface area contributed by atoms with Crippen LogP contribution in [0.1, 0.15) is 29.3 Å². The third-order valence-corrected chi connectivity index (χ3v) is 2.53.